The Balaban J connectivity index is 1.58. The van der Waals surface area contributed by atoms with E-state index in [0.717, 1.165) is 23.2 Å². The summed E-state index contributed by atoms with van der Waals surface area (Å²) < 4.78 is 5.83. The van der Waals surface area contributed by atoms with Gasteiger partial charge in [0, 0.05) is 11.3 Å². The van der Waals surface area contributed by atoms with Crippen LogP contribution in [-0.4, -0.2) is 27.0 Å². The lowest BCUT2D eigenvalue weighted by Crippen LogP contribution is -2.14. The van der Waals surface area contributed by atoms with E-state index in [2.05, 4.69) is 22.4 Å². The van der Waals surface area contributed by atoms with Crippen LogP contribution in [0, 0.1) is 6.92 Å². The first-order valence-corrected chi connectivity index (χ1v) is 10.0. The lowest BCUT2D eigenvalue weighted by molar-refractivity contribution is 0.102. The average Bonchev–Trinajstić information content (AvgIpc) is 3.17. The third-order valence-electron chi connectivity index (χ3n) is 4.97. The molecule has 0 radical (unpaired) electrons. The maximum atomic E-state index is 12.8. The fraction of sp³-hybridized carbons (Fsp3) is 0.208. The molecule has 0 spiro atoms. The number of aryl methyl sites for hydroxylation is 1. The predicted molar refractivity (Wildman–Crippen MR) is 118 cm³/mol. The summed E-state index contributed by atoms with van der Waals surface area (Å²) in [5.41, 5.74) is 4.55. The number of fused-ring (bicyclic) bond motifs is 1. The monoisotopic (exact) mass is 400 g/mol. The summed E-state index contributed by atoms with van der Waals surface area (Å²) in [6, 6.07) is 20.8. The van der Waals surface area contributed by atoms with Gasteiger partial charge in [-0.1, -0.05) is 31.2 Å². The van der Waals surface area contributed by atoms with Gasteiger partial charge in [0.25, 0.3) is 5.91 Å². The third kappa shape index (κ3) is 4.17. The van der Waals surface area contributed by atoms with Crippen molar-refractivity contribution in [3.63, 3.8) is 0 Å². The number of nitrogens with zero attached hydrogens (tertiary/aromatic N) is 3. The van der Waals surface area contributed by atoms with E-state index in [1.54, 1.807) is 16.9 Å². The number of hydrogen-bond donors (Lipinski definition) is 1. The predicted octanol–water partition coefficient (Wildman–Crippen LogP) is 5.16. The van der Waals surface area contributed by atoms with Gasteiger partial charge >= 0.3 is 0 Å². The van der Waals surface area contributed by atoms with Crippen molar-refractivity contribution in [3.05, 3.63) is 77.9 Å². The van der Waals surface area contributed by atoms with E-state index in [1.165, 1.54) is 0 Å². The lowest BCUT2D eigenvalue weighted by Gasteiger charge is -2.13. The van der Waals surface area contributed by atoms with E-state index < -0.39 is 0 Å². The number of anilines is 1. The highest BCUT2D eigenvalue weighted by Crippen LogP contribution is 2.23. The minimum absolute atomic E-state index is 0.0974. The molecule has 1 atom stereocenters. The molecule has 3 aromatic carbocycles. The van der Waals surface area contributed by atoms with Crippen LogP contribution < -0.4 is 10.1 Å². The first-order chi connectivity index (χ1) is 14.5. The number of rotatable bonds is 6. The maximum absolute atomic E-state index is 12.8. The fourth-order valence-electron chi connectivity index (χ4n) is 3.10. The molecule has 1 amide bonds. The highest BCUT2D eigenvalue weighted by molar-refractivity contribution is 6.05. The van der Waals surface area contributed by atoms with Gasteiger partial charge in [-0.15, -0.1) is 10.2 Å². The minimum Gasteiger partial charge on any atom is -0.491 e. The molecular formula is C24H24N4O2. The van der Waals surface area contributed by atoms with Crippen molar-refractivity contribution in [2.75, 3.05) is 5.32 Å². The second-order valence-corrected chi connectivity index (χ2v) is 7.30. The maximum Gasteiger partial charge on any atom is 0.255 e. The van der Waals surface area contributed by atoms with Crippen LogP contribution in [0.2, 0.25) is 0 Å². The lowest BCUT2D eigenvalue weighted by atomic mass is 10.1. The number of para-hydroxylation sites is 1. The standard InChI is InChI=1S/C24H24N4O2/c1-4-17(3)30-20-12-8-9-18(14-20)24(29)25-21-15-23-22(13-16(21)2)26-28(27-23)19-10-6-5-7-11-19/h5-15,17H,4H2,1-3H3,(H,25,29)/t17-/m1/s1. The van der Waals surface area contributed by atoms with Crippen molar-refractivity contribution in [2.45, 2.75) is 33.3 Å². The van der Waals surface area contributed by atoms with E-state index in [-0.39, 0.29) is 12.0 Å². The molecule has 6 nitrogen and oxygen atoms in total. The summed E-state index contributed by atoms with van der Waals surface area (Å²) in [5.74, 6) is 0.498. The molecule has 0 aliphatic carbocycles. The van der Waals surface area contributed by atoms with Crippen LogP contribution in [0.5, 0.6) is 5.75 Å². The zero-order chi connectivity index (χ0) is 21.1. The van der Waals surface area contributed by atoms with Crippen LogP contribution in [-0.2, 0) is 0 Å². The van der Waals surface area contributed by atoms with Crippen molar-refractivity contribution in [2.24, 2.45) is 0 Å². The number of ether oxygens (including phenoxy) is 1. The molecule has 0 aliphatic heterocycles. The summed E-state index contributed by atoms with van der Waals surface area (Å²) in [5, 5.41) is 12.1. The smallest absolute Gasteiger partial charge is 0.255 e. The highest BCUT2D eigenvalue weighted by atomic mass is 16.5. The Kier molecular flexibility index (Phi) is 5.48. The molecular weight excluding hydrogens is 376 g/mol. The molecule has 30 heavy (non-hydrogen) atoms. The van der Waals surface area contributed by atoms with Crippen LogP contribution in [0.1, 0.15) is 36.2 Å². The molecule has 0 saturated carbocycles. The molecule has 0 bridgehead atoms. The van der Waals surface area contributed by atoms with E-state index in [0.29, 0.717) is 22.5 Å². The molecule has 1 heterocycles. The second-order valence-electron chi connectivity index (χ2n) is 7.30. The molecule has 6 heteroatoms. The molecule has 0 fully saturated rings. The Morgan fingerprint density at radius 3 is 2.50 bits per heavy atom. The number of carbonyl (C=O) groups is 1. The normalized spacial score (nSPS) is 12.0. The molecule has 4 rings (SSSR count). The minimum atomic E-state index is -0.192. The molecule has 152 valence electrons. The molecule has 1 aromatic heterocycles. The van der Waals surface area contributed by atoms with Gasteiger partial charge < -0.3 is 10.1 Å². The van der Waals surface area contributed by atoms with Crippen molar-refractivity contribution in [1.29, 1.82) is 0 Å². The van der Waals surface area contributed by atoms with E-state index in [9.17, 15) is 4.79 Å². The van der Waals surface area contributed by atoms with Crippen molar-refractivity contribution in [3.8, 4) is 11.4 Å². The number of hydrogen-bond acceptors (Lipinski definition) is 4. The van der Waals surface area contributed by atoms with Gasteiger partial charge in [-0.2, -0.15) is 4.80 Å². The molecule has 0 aliphatic rings. The van der Waals surface area contributed by atoms with E-state index >= 15 is 0 Å². The molecule has 1 N–H and O–H groups in total. The number of amides is 1. The zero-order valence-corrected chi connectivity index (χ0v) is 17.3. The molecule has 0 unspecified atom stereocenters. The SMILES string of the molecule is CC[C@@H](C)Oc1cccc(C(=O)Nc2cc3nn(-c4ccccc4)nc3cc2C)c1. The third-order valence-corrected chi connectivity index (χ3v) is 4.97. The Labute approximate surface area is 175 Å². The Morgan fingerprint density at radius 1 is 1.03 bits per heavy atom. The van der Waals surface area contributed by atoms with Crippen LogP contribution in [0.15, 0.2) is 66.7 Å². The number of nitrogens with one attached hydrogen (secondary N) is 1. The summed E-state index contributed by atoms with van der Waals surface area (Å²) in [6.45, 7) is 6.01. The van der Waals surface area contributed by atoms with Crippen LogP contribution >= 0.6 is 0 Å². The number of carbonyl (C=O) groups excluding carboxylic acids is 1. The topological polar surface area (TPSA) is 69.0 Å². The van der Waals surface area contributed by atoms with Crippen LogP contribution in [0.25, 0.3) is 16.7 Å². The zero-order valence-electron chi connectivity index (χ0n) is 17.3. The van der Waals surface area contributed by atoms with Crippen molar-refractivity contribution >= 4 is 22.6 Å². The summed E-state index contributed by atoms with van der Waals surface area (Å²) >= 11 is 0. The fourth-order valence-corrected chi connectivity index (χ4v) is 3.10. The van der Waals surface area contributed by atoms with Crippen molar-refractivity contribution < 1.29 is 9.53 Å². The summed E-state index contributed by atoms with van der Waals surface area (Å²) in [4.78, 5) is 14.4. The van der Waals surface area contributed by atoms with Gasteiger partial charge in [0.05, 0.1) is 11.8 Å². The van der Waals surface area contributed by atoms with E-state index in [4.69, 9.17) is 4.74 Å². The van der Waals surface area contributed by atoms with Gasteiger partial charge in [-0.3, -0.25) is 4.79 Å². The quantitative estimate of drug-likeness (QED) is 0.485. The Hall–Kier alpha value is -3.67. The second kappa shape index (κ2) is 8.37. The Morgan fingerprint density at radius 2 is 1.77 bits per heavy atom. The van der Waals surface area contributed by atoms with Gasteiger partial charge in [0.2, 0.25) is 0 Å². The van der Waals surface area contributed by atoms with Gasteiger partial charge in [-0.25, -0.2) is 0 Å². The highest BCUT2D eigenvalue weighted by Gasteiger charge is 2.13. The summed E-state index contributed by atoms with van der Waals surface area (Å²) in [6.07, 6.45) is 0.999. The largest absolute Gasteiger partial charge is 0.491 e. The van der Waals surface area contributed by atoms with Gasteiger partial charge in [0.15, 0.2) is 0 Å². The first-order valence-electron chi connectivity index (χ1n) is 10.0. The van der Waals surface area contributed by atoms with Gasteiger partial charge in [0.1, 0.15) is 16.8 Å². The Bertz CT molecular complexity index is 1180. The first kappa shape index (κ1) is 19.6. The molecule has 0 saturated heterocycles. The number of benzene rings is 3. The van der Waals surface area contributed by atoms with E-state index in [1.807, 2.05) is 68.4 Å². The summed E-state index contributed by atoms with van der Waals surface area (Å²) in [7, 11) is 0. The molecule has 4 aromatic rings. The van der Waals surface area contributed by atoms with Gasteiger partial charge in [-0.05, 0) is 68.3 Å². The van der Waals surface area contributed by atoms with Crippen LogP contribution in [0.4, 0.5) is 5.69 Å². The van der Waals surface area contributed by atoms with Crippen molar-refractivity contribution in [1.82, 2.24) is 15.0 Å². The van der Waals surface area contributed by atoms with Crippen LogP contribution in [0.3, 0.4) is 0 Å². The average molecular weight is 400 g/mol. The number of aromatic nitrogens is 3.